The SMILES string of the molecule is CCC[C@@H](NC(=O)OC(C)(C)C)C(=O)N1CC(OC(=O)c2ccccc2)C1C. The van der Waals surface area contributed by atoms with Crippen molar-refractivity contribution in [3.8, 4) is 0 Å². The number of ether oxygens (including phenoxy) is 2. The molecule has 1 aromatic carbocycles. The number of alkyl carbamates (subject to hydrolysis) is 1. The van der Waals surface area contributed by atoms with Crippen molar-refractivity contribution < 1.29 is 23.9 Å². The Balaban J connectivity index is 1.92. The molecular weight excluding hydrogens is 360 g/mol. The number of carbonyl (C=O) groups excluding carboxylic acids is 3. The molecule has 0 aliphatic carbocycles. The van der Waals surface area contributed by atoms with Gasteiger partial charge in [-0.1, -0.05) is 31.5 Å². The maximum atomic E-state index is 12.8. The molecule has 2 amide bonds. The summed E-state index contributed by atoms with van der Waals surface area (Å²) in [6.07, 6.45) is 0.274. The lowest BCUT2D eigenvalue weighted by atomic mass is 9.98. The van der Waals surface area contributed by atoms with E-state index in [1.54, 1.807) is 49.9 Å². The van der Waals surface area contributed by atoms with Gasteiger partial charge in [0.2, 0.25) is 5.91 Å². The van der Waals surface area contributed by atoms with Crippen molar-refractivity contribution in [2.24, 2.45) is 0 Å². The number of likely N-dealkylation sites (tertiary alicyclic amines) is 1. The summed E-state index contributed by atoms with van der Waals surface area (Å²) >= 11 is 0. The third kappa shape index (κ3) is 5.71. The van der Waals surface area contributed by atoms with E-state index in [0.717, 1.165) is 6.42 Å². The highest BCUT2D eigenvalue weighted by molar-refractivity contribution is 5.90. The Morgan fingerprint density at radius 2 is 1.86 bits per heavy atom. The maximum Gasteiger partial charge on any atom is 0.408 e. The molecule has 1 aromatic rings. The van der Waals surface area contributed by atoms with Crippen molar-refractivity contribution in [2.45, 2.75) is 71.2 Å². The highest BCUT2D eigenvalue weighted by Gasteiger charge is 2.43. The Labute approximate surface area is 166 Å². The van der Waals surface area contributed by atoms with E-state index >= 15 is 0 Å². The number of amides is 2. The number of rotatable bonds is 6. The molecule has 7 heteroatoms. The van der Waals surface area contributed by atoms with Gasteiger partial charge in [-0.3, -0.25) is 4.79 Å². The number of hydrogen-bond acceptors (Lipinski definition) is 5. The normalized spacial score (nSPS) is 20.0. The Hall–Kier alpha value is -2.57. The molecule has 0 bridgehead atoms. The summed E-state index contributed by atoms with van der Waals surface area (Å²) in [4.78, 5) is 38.7. The largest absolute Gasteiger partial charge is 0.455 e. The van der Waals surface area contributed by atoms with Crippen LogP contribution in [0.5, 0.6) is 0 Å². The van der Waals surface area contributed by atoms with E-state index in [1.165, 1.54) is 0 Å². The van der Waals surface area contributed by atoms with Gasteiger partial charge in [0, 0.05) is 0 Å². The number of hydrogen-bond donors (Lipinski definition) is 1. The van der Waals surface area contributed by atoms with Gasteiger partial charge in [0.1, 0.15) is 17.7 Å². The van der Waals surface area contributed by atoms with Gasteiger partial charge in [0.05, 0.1) is 18.2 Å². The van der Waals surface area contributed by atoms with Gasteiger partial charge in [-0.2, -0.15) is 0 Å². The highest BCUT2D eigenvalue weighted by Crippen LogP contribution is 2.24. The molecule has 0 saturated carbocycles. The predicted octanol–water partition coefficient (Wildman–Crippen LogP) is 3.14. The molecule has 2 unspecified atom stereocenters. The molecular formula is C21H30N2O5. The number of carbonyl (C=O) groups is 3. The average Bonchev–Trinajstić information content (AvgIpc) is 2.62. The number of nitrogens with zero attached hydrogens (tertiary/aromatic N) is 1. The molecule has 1 N–H and O–H groups in total. The van der Waals surface area contributed by atoms with Crippen LogP contribution in [0, 0.1) is 0 Å². The summed E-state index contributed by atoms with van der Waals surface area (Å²) < 4.78 is 10.8. The minimum Gasteiger partial charge on any atom is -0.455 e. The Kier molecular flexibility index (Phi) is 7.05. The van der Waals surface area contributed by atoms with Crippen LogP contribution in [0.4, 0.5) is 4.79 Å². The van der Waals surface area contributed by atoms with Gasteiger partial charge in [0.15, 0.2) is 0 Å². The first-order chi connectivity index (χ1) is 13.1. The standard InChI is InChI=1S/C21H30N2O5/c1-6-10-16(22-20(26)28-21(3,4)5)18(24)23-13-17(14(23)2)27-19(25)15-11-8-7-9-12-15/h7-9,11-12,14,16-17H,6,10,13H2,1-5H3,(H,22,26)/t14?,16-,17?/m1/s1. The molecule has 1 fully saturated rings. The molecule has 2 rings (SSSR count). The summed E-state index contributed by atoms with van der Waals surface area (Å²) in [6.45, 7) is 9.40. The van der Waals surface area contributed by atoms with Gasteiger partial charge >= 0.3 is 12.1 Å². The van der Waals surface area contributed by atoms with Crippen molar-refractivity contribution in [3.63, 3.8) is 0 Å². The first-order valence-corrected chi connectivity index (χ1v) is 9.68. The first-order valence-electron chi connectivity index (χ1n) is 9.68. The third-order valence-corrected chi connectivity index (χ3v) is 4.52. The van der Waals surface area contributed by atoms with Gasteiger partial charge in [0.25, 0.3) is 0 Å². The minimum absolute atomic E-state index is 0.188. The van der Waals surface area contributed by atoms with Crippen molar-refractivity contribution in [3.05, 3.63) is 35.9 Å². The van der Waals surface area contributed by atoms with E-state index in [1.807, 2.05) is 19.9 Å². The molecule has 1 aliphatic rings. The van der Waals surface area contributed by atoms with Crippen LogP contribution >= 0.6 is 0 Å². The number of nitrogens with one attached hydrogen (secondary N) is 1. The Bertz CT molecular complexity index is 698. The average molecular weight is 390 g/mol. The van der Waals surface area contributed by atoms with Crippen LogP contribution in [0.1, 0.15) is 57.8 Å². The predicted molar refractivity (Wildman–Crippen MR) is 105 cm³/mol. The van der Waals surface area contributed by atoms with E-state index in [-0.39, 0.29) is 18.1 Å². The molecule has 0 aromatic heterocycles. The molecule has 0 radical (unpaired) electrons. The summed E-state index contributed by atoms with van der Waals surface area (Å²) in [5.74, 6) is -0.589. The summed E-state index contributed by atoms with van der Waals surface area (Å²) in [5, 5.41) is 2.67. The van der Waals surface area contributed by atoms with Crippen LogP contribution in [0.25, 0.3) is 0 Å². The van der Waals surface area contributed by atoms with Crippen molar-refractivity contribution in [1.82, 2.24) is 10.2 Å². The Morgan fingerprint density at radius 1 is 1.21 bits per heavy atom. The van der Waals surface area contributed by atoms with E-state index < -0.39 is 23.7 Å². The zero-order valence-corrected chi connectivity index (χ0v) is 17.2. The van der Waals surface area contributed by atoms with Crippen molar-refractivity contribution in [1.29, 1.82) is 0 Å². The molecule has 28 heavy (non-hydrogen) atoms. The van der Waals surface area contributed by atoms with E-state index in [0.29, 0.717) is 18.5 Å². The fourth-order valence-corrected chi connectivity index (χ4v) is 2.98. The molecule has 1 saturated heterocycles. The van der Waals surface area contributed by atoms with Crippen LogP contribution < -0.4 is 5.32 Å². The lowest BCUT2D eigenvalue weighted by molar-refractivity contribution is -0.152. The maximum absolute atomic E-state index is 12.8. The lowest BCUT2D eigenvalue weighted by Gasteiger charge is -2.46. The highest BCUT2D eigenvalue weighted by atomic mass is 16.6. The van der Waals surface area contributed by atoms with Crippen LogP contribution in [-0.4, -0.2) is 53.2 Å². The van der Waals surface area contributed by atoms with Crippen molar-refractivity contribution in [2.75, 3.05) is 6.54 Å². The molecule has 1 aliphatic heterocycles. The second-order valence-corrected chi connectivity index (χ2v) is 8.03. The topological polar surface area (TPSA) is 84.9 Å². The van der Waals surface area contributed by atoms with Gasteiger partial charge in [-0.25, -0.2) is 9.59 Å². The van der Waals surface area contributed by atoms with Crippen molar-refractivity contribution >= 4 is 18.0 Å². The zero-order valence-electron chi connectivity index (χ0n) is 17.2. The first kappa shape index (κ1) is 21.7. The number of esters is 1. The Morgan fingerprint density at radius 3 is 2.39 bits per heavy atom. The molecule has 1 heterocycles. The van der Waals surface area contributed by atoms with Crippen LogP contribution in [0.2, 0.25) is 0 Å². The summed E-state index contributed by atoms with van der Waals surface area (Å²) in [6, 6.07) is 7.85. The number of benzene rings is 1. The van der Waals surface area contributed by atoms with Gasteiger partial charge < -0.3 is 19.7 Å². The molecule has 3 atom stereocenters. The van der Waals surface area contributed by atoms with Crippen LogP contribution in [0.15, 0.2) is 30.3 Å². The fraction of sp³-hybridized carbons (Fsp3) is 0.571. The van der Waals surface area contributed by atoms with Crippen LogP contribution in [-0.2, 0) is 14.3 Å². The summed E-state index contributed by atoms with van der Waals surface area (Å²) in [7, 11) is 0. The monoisotopic (exact) mass is 390 g/mol. The van der Waals surface area contributed by atoms with Gasteiger partial charge in [-0.15, -0.1) is 0 Å². The van der Waals surface area contributed by atoms with Gasteiger partial charge in [-0.05, 0) is 46.2 Å². The van der Waals surface area contributed by atoms with E-state index in [2.05, 4.69) is 5.32 Å². The third-order valence-electron chi connectivity index (χ3n) is 4.52. The lowest BCUT2D eigenvalue weighted by Crippen LogP contribution is -2.65. The second-order valence-electron chi connectivity index (χ2n) is 8.03. The fourth-order valence-electron chi connectivity index (χ4n) is 2.98. The second kappa shape index (κ2) is 9.08. The van der Waals surface area contributed by atoms with Crippen LogP contribution in [0.3, 0.4) is 0 Å². The summed E-state index contributed by atoms with van der Waals surface area (Å²) in [5.41, 5.74) is -0.153. The van der Waals surface area contributed by atoms with E-state index in [4.69, 9.17) is 9.47 Å². The minimum atomic E-state index is -0.659. The zero-order chi connectivity index (χ0) is 20.9. The molecule has 0 spiro atoms. The molecule has 154 valence electrons. The smallest absolute Gasteiger partial charge is 0.408 e. The molecule has 7 nitrogen and oxygen atoms in total. The quantitative estimate of drug-likeness (QED) is 0.755. The van der Waals surface area contributed by atoms with E-state index in [9.17, 15) is 14.4 Å².